The van der Waals surface area contributed by atoms with Gasteiger partial charge in [0.2, 0.25) is 5.95 Å². The predicted molar refractivity (Wildman–Crippen MR) is 109 cm³/mol. The number of carboxylic acids is 1. The normalized spacial score (nSPS) is 19.8. The maximum atomic E-state index is 14.2. The Morgan fingerprint density at radius 3 is 2.58 bits per heavy atom. The number of anilines is 1. The van der Waals surface area contributed by atoms with Gasteiger partial charge in [0.1, 0.15) is 28.2 Å². The number of carboxylic acid groups (broad SMARTS) is 1. The third-order valence-electron chi connectivity index (χ3n) is 4.97. The van der Waals surface area contributed by atoms with Crippen molar-refractivity contribution in [3.8, 4) is 0 Å². The molecule has 0 radical (unpaired) electrons. The van der Waals surface area contributed by atoms with Crippen LogP contribution < -0.4 is 4.90 Å². The number of rotatable bonds is 4. The molecule has 2 aliphatic rings. The van der Waals surface area contributed by atoms with Crippen LogP contribution in [0.1, 0.15) is 22.6 Å². The SMILES string of the molecule is CS(=O)(=O)c1cc(C(=O)O)nc2c(C3=C(O)C(F)CC=C3)nc(N3CCOCC3)nc12. The van der Waals surface area contributed by atoms with Gasteiger partial charge in [-0.15, -0.1) is 0 Å². The number of hydrogen-bond acceptors (Lipinski definition) is 9. The molecule has 31 heavy (non-hydrogen) atoms. The van der Waals surface area contributed by atoms with Gasteiger partial charge in [-0.05, 0) is 6.07 Å². The first kappa shape index (κ1) is 21.1. The first-order chi connectivity index (χ1) is 14.7. The standard InChI is InChI=1S/C19H19FN4O6S/c1-31(28,29)13-9-12(18(26)27)21-16-14(10-3-2-4-11(20)17(10)25)22-19(23-15(13)16)24-5-7-30-8-6-24/h2-3,9,11,25H,4-8H2,1H3,(H,26,27). The topological polar surface area (TPSA) is 143 Å². The second-order valence-corrected chi connectivity index (χ2v) is 9.14. The fourth-order valence-corrected chi connectivity index (χ4v) is 4.24. The summed E-state index contributed by atoms with van der Waals surface area (Å²) in [5.74, 6) is -1.88. The molecule has 1 atom stereocenters. The first-order valence-corrected chi connectivity index (χ1v) is 11.3. The third kappa shape index (κ3) is 3.95. The Balaban J connectivity index is 2.10. The Hall–Kier alpha value is -3.12. The van der Waals surface area contributed by atoms with Crippen LogP contribution in [0.5, 0.6) is 0 Å². The molecule has 2 N–H and O–H groups in total. The van der Waals surface area contributed by atoms with Crippen LogP contribution >= 0.6 is 0 Å². The molecular formula is C19H19FN4O6S. The lowest BCUT2D eigenvalue weighted by molar-refractivity contribution is 0.0690. The lowest BCUT2D eigenvalue weighted by atomic mass is 9.99. The Bertz CT molecular complexity index is 1240. The maximum Gasteiger partial charge on any atom is 0.354 e. The number of allylic oxidation sites excluding steroid dienone is 4. The summed E-state index contributed by atoms with van der Waals surface area (Å²) in [5.41, 5.74) is -0.842. The molecule has 164 valence electrons. The number of fused-ring (bicyclic) bond motifs is 1. The number of nitrogens with zero attached hydrogens (tertiary/aromatic N) is 4. The van der Waals surface area contributed by atoms with Crippen LogP contribution in [-0.2, 0) is 14.6 Å². The number of alkyl halides is 1. The van der Waals surface area contributed by atoms with E-state index in [4.69, 9.17) is 4.74 Å². The van der Waals surface area contributed by atoms with Crippen molar-refractivity contribution >= 4 is 38.4 Å². The van der Waals surface area contributed by atoms with Crippen LogP contribution in [-0.4, -0.2) is 78.3 Å². The summed E-state index contributed by atoms with van der Waals surface area (Å²) in [6.45, 7) is 1.69. The Morgan fingerprint density at radius 2 is 1.94 bits per heavy atom. The summed E-state index contributed by atoms with van der Waals surface area (Å²) in [7, 11) is -3.91. The van der Waals surface area contributed by atoms with E-state index in [1.165, 1.54) is 12.2 Å². The molecule has 2 aromatic heterocycles. The smallest absolute Gasteiger partial charge is 0.354 e. The van der Waals surface area contributed by atoms with Gasteiger partial charge >= 0.3 is 5.97 Å². The van der Waals surface area contributed by atoms with Crippen LogP contribution in [0.25, 0.3) is 16.6 Å². The van der Waals surface area contributed by atoms with Crippen LogP contribution in [0, 0.1) is 0 Å². The average Bonchev–Trinajstić information content (AvgIpc) is 2.74. The van der Waals surface area contributed by atoms with Gasteiger partial charge in [0.25, 0.3) is 0 Å². The molecule has 0 saturated carbocycles. The minimum Gasteiger partial charge on any atom is -0.508 e. The molecule has 12 heteroatoms. The van der Waals surface area contributed by atoms with E-state index in [2.05, 4.69) is 15.0 Å². The molecule has 1 aliphatic heterocycles. The summed E-state index contributed by atoms with van der Waals surface area (Å²) >= 11 is 0. The van der Waals surface area contributed by atoms with Crippen LogP contribution in [0.3, 0.4) is 0 Å². The van der Waals surface area contributed by atoms with Crippen molar-refractivity contribution < 1.29 is 32.6 Å². The summed E-state index contributed by atoms with van der Waals surface area (Å²) in [5, 5.41) is 19.8. The highest BCUT2D eigenvalue weighted by Gasteiger charge is 2.28. The summed E-state index contributed by atoms with van der Waals surface area (Å²) < 4.78 is 44.5. The number of morpholine rings is 1. The molecule has 1 unspecified atom stereocenters. The van der Waals surface area contributed by atoms with Gasteiger partial charge < -0.3 is 19.8 Å². The van der Waals surface area contributed by atoms with E-state index in [1.54, 1.807) is 4.90 Å². The van der Waals surface area contributed by atoms with Crippen molar-refractivity contribution in [1.29, 1.82) is 0 Å². The largest absolute Gasteiger partial charge is 0.508 e. The van der Waals surface area contributed by atoms with E-state index in [-0.39, 0.29) is 39.6 Å². The number of aliphatic hydroxyl groups excluding tert-OH is 1. The van der Waals surface area contributed by atoms with Gasteiger partial charge in [-0.2, -0.15) is 0 Å². The molecule has 1 saturated heterocycles. The van der Waals surface area contributed by atoms with E-state index in [0.717, 1.165) is 12.3 Å². The highest BCUT2D eigenvalue weighted by molar-refractivity contribution is 7.91. The fourth-order valence-electron chi connectivity index (χ4n) is 3.42. The van der Waals surface area contributed by atoms with Crippen molar-refractivity contribution in [1.82, 2.24) is 15.0 Å². The third-order valence-corrected chi connectivity index (χ3v) is 6.08. The van der Waals surface area contributed by atoms with Crippen molar-refractivity contribution in [2.75, 3.05) is 37.5 Å². The molecule has 2 aromatic rings. The zero-order valence-corrected chi connectivity index (χ0v) is 17.3. The predicted octanol–water partition coefficient (Wildman–Crippen LogP) is 1.53. The lowest BCUT2D eigenvalue weighted by Gasteiger charge is -2.27. The average molecular weight is 450 g/mol. The number of aromatic nitrogens is 3. The van der Waals surface area contributed by atoms with Gasteiger partial charge in [0.15, 0.2) is 16.0 Å². The summed E-state index contributed by atoms with van der Waals surface area (Å²) in [4.78, 5) is 25.8. The van der Waals surface area contributed by atoms with E-state index < -0.39 is 33.4 Å². The molecule has 3 heterocycles. The summed E-state index contributed by atoms with van der Waals surface area (Å²) in [6.07, 6.45) is 2.18. The summed E-state index contributed by atoms with van der Waals surface area (Å²) in [6, 6.07) is 0.933. The molecule has 0 amide bonds. The van der Waals surface area contributed by atoms with Gasteiger partial charge in [0.05, 0.1) is 18.1 Å². The maximum absolute atomic E-state index is 14.2. The number of sulfone groups is 1. The van der Waals surface area contributed by atoms with Crippen molar-refractivity contribution in [3.63, 3.8) is 0 Å². The Morgan fingerprint density at radius 1 is 1.23 bits per heavy atom. The number of pyridine rings is 1. The monoisotopic (exact) mass is 450 g/mol. The molecule has 0 aromatic carbocycles. The van der Waals surface area contributed by atoms with Crippen LogP contribution in [0.2, 0.25) is 0 Å². The molecule has 1 fully saturated rings. The number of hydrogen-bond donors (Lipinski definition) is 2. The van der Waals surface area contributed by atoms with Crippen molar-refractivity contribution in [2.45, 2.75) is 17.5 Å². The quantitative estimate of drug-likeness (QED) is 0.704. The number of halogens is 1. The fraction of sp³-hybridized carbons (Fsp3) is 0.368. The van der Waals surface area contributed by atoms with E-state index in [0.29, 0.717) is 26.3 Å². The van der Waals surface area contributed by atoms with Crippen LogP contribution in [0.15, 0.2) is 28.9 Å². The van der Waals surface area contributed by atoms with Crippen molar-refractivity contribution in [3.05, 3.63) is 35.4 Å². The lowest BCUT2D eigenvalue weighted by Crippen LogP contribution is -2.37. The molecule has 10 nitrogen and oxygen atoms in total. The Kier molecular flexibility index (Phi) is 5.35. The second kappa shape index (κ2) is 7.85. The first-order valence-electron chi connectivity index (χ1n) is 9.39. The van der Waals surface area contributed by atoms with Gasteiger partial charge in [0, 0.05) is 31.3 Å². The van der Waals surface area contributed by atoms with Crippen molar-refractivity contribution in [2.24, 2.45) is 0 Å². The van der Waals surface area contributed by atoms with E-state index >= 15 is 0 Å². The van der Waals surface area contributed by atoms with Gasteiger partial charge in [-0.1, -0.05) is 12.2 Å². The number of aliphatic hydroxyl groups is 1. The Labute approximate surface area is 176 Å². The molecule has 0 spiro atoms. The zero-order chi connectivity index (χ0) is 22.3. The number of carbonyl (C=O) groups is 1. The van der Waals surface area contributed by atoms with Crippen LogP contribution in [0.4, 0.5) is 10.3 Å². The van der Waals surface area contributed by atoms with Gasteiger partial charge in [-0.3, -0.25) is 0 Å². The molecule has 0 bridgehead atoms. The minimum absolute atomic E-state index is 0.00449. The molecular weight excluding hydrogens is 431 g/mol. The van der Waals surface area contributed by atoms with Gasteiger partial charge in [-0.25, -0.2) is 32.6 Å². The minimum atomic E-state index is -3.91. The van der Waals surface area contributed by atoms with E-state index in [9.17, 15) is 27.8 Å². The molecule has 4 rings (SSSR count). The molecule has 1 aliphatic carbocycles. The highest BCUT2D eigenvalue weighted by atomic mass is 32.2. The number of ether oxygens (including phenoxy) is 1. The van der Waals surface area contributed by atoms with E-state index in [1.807, 2.05) is 0 Å². The second-order valence-electron chi connectivity index (χ2n) is 7.16. The zero-order valence-electron chi connectivity index (χ0n) is 16.4. The number of aromatic carboxylic acids is 1. The highest BCUT2D eigenvalue weighted by Crippen LogP contribution is 2.34.